The second kappa shape index (κ2) is 9.61. The van der Waals surface area contributed by atoms with Gasteiger partial charge in [0.1, 0.15) is 0 Å². The summed E-state index contributed by atoms with van der Waals surface area (Å²) in [5, 5.41) is 0. The molecule has 2 aromatic carbocycles. The lowest BCUT2D eigenvalue weighted by atomic mass is 9.73. The minimum Gasteiger partial charge on any atom is -0.493 e. The van der Waals surface area contributed by atoms with Crippen LogP contribution in [0, 0.1) is 5.41 Å². The van der Waals surface area contributed by atoms with Gasteiger partial charge in [0, 0.05) is 16.5 Å². The molecule has 5 rings (SSSR count). The summed E-state index contributed by atoms with van der Waals surface area (Å²) in [4.78, 5) is 32.7. The Morgan fingerprint density at radius 1 is 1.03 bits per heavy atom. The number of thiazole rings is 1. The Morgan fingerprint density at radius 3 is 2.27 bits per heavy atom. The van der Waals surface area contributed by atoms with Crippen LogP contribution in [-0.4, -0.2) is 31.7 Å². The molecule has 0 saturated carbocycles. The number of rotatable bonds is 5. The van der Waals surface area contributed by atoms with Gasteiger partial charge in [-0.3, -0.25) is 14.2 Å². The Labute approximate surface area is 226 Å². The third kappa shape index (κ3) is 4.55. The number of benzene rings is 2. The number of carbonyl (C=O) groups excluding carboxylic acids is 1. The van der Waals surface area contributed by atoms with Crippen molar-refractivity contribution in [1.29, 1.82) is 0 Å². The highest BCUT2D eigenvalue weighted by Gasteiger charge is 2.40. The van der Waals surface area contributed by atoms with Gasteiger partial charge < -0.3 is 14.2 Å². The van der Waals surface area contributed by atoms with E-state index in [0.717, 1.165) is 21.3 Å². The predicted molar refractivity (Wildman–Crippen MR) is 146 cm³/mol. The molecule has 0 amide bonds. The van der Waals surface area contributed by atoms with Crippen LogP contribution in [0.4, 0.5) is 0 Å². The number of Topliss-reactive ketones (excluding diaryl/α,β-unsaturated/α-hetero) is 1. The fourth-order valence-corrected chi connectivity index (χ4v) is 6.33. The first kappa shape index (κ1) is 25.5. The minimum absolute atomic E-state index is 0.0434. The van der Waals surface area contributed by atoms with Crippen molar-refractivity contribution in [1.82, 2.24) is 4.57 Å². The SMILES string of the molecule is COc1cc(C=c2sc3n(c2=O)C(c2ccc(Br)cc2)C2=C(CC(C)(C)CC2=O)N=3)cc(OC)c1OC. The normalized spacial score (nSPS) is 18.7. The molecule has 7 nitrogen and oxygen atoms in total. The van der Waals surface area contributed by atoms with E-state index in [9.17, 15) is 9.59 Å². The van der Waals surface area contributed by atoms with Crippen molar-refractivity contribution in [2.45, 2.75) is 32.7 Å². The zero-order valence-electron chi connectivity index (χ0n) is 21.3. The quantitative estimate of drug-likeness (QED) is 0.445. The summed E-state index contributed by atoms with van der Waals surface area (Å²) in [6.45, 7) is 4.16. The Bertz CT molecular complexity index is 1590. The summed E-state index contributed by atoms with van der Waals surface area (Å²) in [5.41, 5.74) is 2.60. The van der Waals surface area contributed by atoms with E-state index in [-0.39, 0.29) is 16.8 Å². The summed E-state index contributed by atoms with van der Waals surface area (Å²) in [6, 6.07) is 10.8. The van der Waals surface area contributed by atoms with Crippen molar-refractivity contribution in [3.8, 4) is 17.2 Å². The average molecular weight is 584 g/mol. The van der Waals surface area contributed by atoms with Crippen LogP contribution in [0.3, 0.4) is 0 Å². The molecule has 1 aliphatic heterocycles. The Hall–Kier alpha value is -3.17. The lowest BCUT2D eigenvalue weighted by Crippen LogP contribution is -2.42. The summed E-state index contributed by atoms with van der Waals surface area (Å²) < 4.78 is 19.5. The van der Waals surface area contributed by atoms with E-state index in [1.807, 2.05) is 24.3 Å². The van der Waals surface area contributed by atoms with Crippen molar-refractivity contribution < 1.29 is 19.0 Å². The number of halogens is 1. The topological polar surface area (TPSA) is 79.1 Å². The number of hydrogen-bond acceptors (Lipinski definition) is 7. The molecule has 3 aromatic rings. The summed E-state index contributed by atoms with van der Waals surface area (Å²) in [7, 11) is 4.65. The van der Waals surface area contributed by atoms with E-state index >= 15 is 0 Å². The average Bonchev–Trinajstić information content (AvgIpc) is 3.16. The second-order valence-corrected chi connectivity index (χ2v) is 11.8. The molecule has 9 heteroatoms. The predicted octanol–water partition coefficient (Wildman–Crippen LogP) is 4.39. The van der Waals surface area contributed by atoms with E-state index in [2.05, 4.69) is 29.8 Å². The Kier molecular flexibility index (Phi) is 6.62. The second-order valence-electron chi connectivity index (χ2n) is 9.89. The molecular formula is C28H27BrN2O5S. The van der Waals surface area contributed by atoms with Gasteiger partial charge in [0.05, 0.1) is 37.6 Å². The number of ketones is 1. The van der Waals surface area contributed by atoms with E-state index in [1.54, 1.807) is 44.1 Å². The van der Waals surface area contributed by atoms with Gasteiger partial charge in [0.15, 0.2) is 22.1 Å². The van der Waals surface area contributed by atoms with Gasteiger partial charge in [-0.25, -0.2) is 4.99 Å². The van der Waals surface area contributed by atoms with E-state index in [0.29, 0.717) is 45.0 Å². The van der Waals surface area contributed by atoms with Gasteiger partial charge >= 0.3 is 0 Å². The van der Waals surface area contributed by atoms with Crippen LogP contribution in [0.5, 0.6) is 17.2 Å². The molecular weight excluding hydrogens is 556 g/mol. The number of fused-ring (bicyclic) bond motifs is 1. The Balaban J connectivity index is 1.74. The van der Waals surface area contributed by atoms with Gasteiger partial charge in [-0.15, -0.1) is 0 Å². The summed E-state index contributed by atoms with van der Waals surface area (Å²) in [6.07, 6.45) is 2.90. The van der Waals surface area contributed by atoms with E-state index in [4.69, 9.17) is 19.2 Å². The van der Waals surface area contributed by atoms with Crippen LogP contribution >= 0.6 is 27.3 Å². The molecule has 0 N–H and O–H groups in total. The molecule has 1 unspecified atom stereocenters. The first-order chi connectivity index (χ1) is 17.7. The fourth-order valence-electron chi connectivity index (χ4n) is 5.05. The lowest BCUT2D eigenvalue weighted by Gasteiger charge is -2.35. The van der Waals surface area contributed by atoms with Crippen LogP contribution in [0.25, 0.3) is 6.08 Å². The molecule has 192 valence electrons. The molecule has 37 heavy (non-hydrogen) atoms. The highest BCUT2D eigenvalue weighted by atomic mass is 79.9. The van der Waals surface area contributed by atoms with Crippen LogP contribution in [-0.2, 0) is 4.79 Å². The zero-order chi connectivity index (χ0) is 26.5. The highest BCUT2D eigenvalue weighted by Crippen LogP contribution is 2.43. The Morgan fingerprint density at radius 2 is 1.68 bits per heavy atom. The number of nitrogens with zero attached hydrogens (tertiary/aromatic N) is 2. The number of allylic oxidation sites excluding steroid dienone is 2. The van der Waals surface area contributed by atoms with Crippen LogP contribution in [0.2, 0.25) is 0 Å². The maximum Gasteiger partial charge on any atom is 0.271 e. The monoisotopic (exact) mass is 582 g/mol. The molecule has 0 saturated heterocycles. The molecule has 1 aliphatic carbocycles. The van der Waals surface area contributed by atoms with Crippen LogP contribution in [0.1, 0.15) is 43.9 Å². The lowest BCUT2D eigenvalue weighted by molar-refractivity contribution is -0.118. The first-order valence-electron chi connectivity index (χ1n) is 11.8. The van der Waals surface area contributed by atoms with Gasteiger partial charge in [0.25, 0.3) is 5.56 Å². The smallest absolute Gasteiger partial charge is 0.271 e. The number of carbonyl (C=O) groups is 1. The zero-order valence-corrected chi connectivity index (χ0v) is 23.7. The van der Waals surface area contributed by atoms with Crippen molar-refractivity contribution >= 4 is 39.1 Å². The first-order valence-corrected chi connectivity index (χ1v) is 13.4. The van der Waals surface area contributed by atoms with Crippen molar-refractivity contribution in [2.24, 2.45) is 10.4 Å². The highest BCUT2D eigenvalue weighted by molar-refractivity contribution is 9.10. The van der Waals surface area contributed by atoms with Gasteiger partial charge in [0.2, 0.25) is 5.75 Å². The van der Waals surface area contributed by atoms with Crippen molar-refractivity contribution in [2.75, 3.05) is 21.3 Å². The van der Waals surface area contributed by atoms with E-state index in [1.165, 1.54) is 11.3 Å². The van der Waals surface area contributed by atoms with Gasteiger partial charge in [-0.1, -0.05) is 53.2 Å². The maximum absolute atomic E-state index is 13.9. The summed E-state index contributed by atoms with van der Waals surface area (Å²) in [5.74, 6) is 1.52. The van der Waals surface area contributed by atoms with Gasteiger partial charge in [-0.2, -0.15) is 0 Å². The molecule has 0 radical (unpaired) electrons. The molecule has 2 heterocycles. The molecule has 1 aromatic heterocycles. The molecule has 1 atom stereocenters. The number of aromatic nitrogens is 1. The minimum atomic E-state index is -0.523. The standard InChI is InChI=1S/C28H27BrN2O5S/c1-28(2)13-18-23(19(32)14-28)24(16-6-8-17(29)9-7-16)31-26(33)22(37-27(31)30-18)12-15-10-20(34-3)25(36-5)21(11-15)35-4/h6-12,24H,13-14H2,1-5H3. The third-order valence-corrected chi connectivity index (χ3v) is 8.18. The van der Waals surface area contributed by atoms with Crippen molar-refractivity contribution in [3.63, 3.8) is 0 Å². The molecule has 0 spiro atoms. The van der Waals surface area contributed by atoms with Crippen LogP contribution < -0.4 is 29.1 Å². The number of ether oxygens (including phenoxy) is 3. The number of hydrogen-bond donors (Lipinski definition) is 0. The fraction of sp³-hybridized carbons (Fsp3) is 0.321. The molecule has 0 bridgehead atoms. The molecule has 2 aliphatic rings. The summed E-state index contributed by atoms with van der Waals surface area (Å²) >= 11 is 4.80. The largest absolute Gasteiger partial charge is 0.493 e. The molecule has 0 fully saturated rings. The maximum atomic E-state index is 13.9. The van der Waals surface area contributed by atoms with Gasteiger partial charge in [-0.05, 0) is 53.3 Å². The third-order valence-electron chi connectivity index (χ3n) is 6.67. The number of methoxy groups -OCH3 is 3. The van der Waals surface area contributed by atoms with E-state index < -0.39 is 6.04 Å². The van der Waals surface area contributed by atoms with Crippen molar-refractivity contribution in [3.05, 3.63) is 83.0 Å². The van der Waals surface area contributed by atoms with Crippen LogP contribution in [0.15, 0.2) is 61.9 Å².